The maximum Gasteiger partial charge on any atom is 0.335 e. The van der Waals surface area contributed by atoms with Crippen LogP contribution in [0.2, 0.25) is 0 Å². The number of para-hydroxylation sites is 1. The molecule has 0 saturated carbocycles. The normalized spacial score (nSPS) is 13.0. The summed E-state index contributed by atoms with van der Waals surface area (Å²) in [5.74, 6) is -0.569. The third kappa shape index (κ3) is 11.1. The maximum atomic E-state index is 12.1. The number of carboxylic acids is 1. The maximum absolute atomic E-state index is 12.1. The van der Waals surface area contributed by atoms with Gasteiger partial charge in [-0.2, -0.15) is 0 Å². The van der Waals surface area contributed by atoms with Crippen LogP contribution in [0.25, 0.3) is 11.1 Å². The van der Waals surface area contributed by atoms with Crippen molar-refractivity contribution in [2.45, 2.75) is 116 Å². The van der Waals surface area contributed by atoms with Crippen molar-refractivity contribution in [1.29, 1.82) is 0 Å². The lowest BCUT2D eigenvalue weighted by Gasteiger charge is -2.24. The third-order valence-electron chi connectivity index (χ3n) is 8.47. The van der Waals surface area contributed by atoms with Gasteiger partial charge in [0.05, 0.1) is 27.6 Å². The molecule has 3 atom stereocenters. The molecule has 10 nitrogen and oxygen atoms in total. The van der Waals surface area contributed by atoms with Crippen LogP contribution in [0, 0.1) is 20.2 Å². The second-order valence-corrected chi connectivity index (χ2v) is 12.3. The lowest BCUT2D eigenvalue weighted by molar-refractivity contribution is -0.386. The minimum absolute atomic E-state index is 0.0130. The van der Waals surface area contributed by atoms with E-state index in [-0.39, 0.29) is 45.7 Å². The van der Waals surface area contributed by atoms with Gasteiger partial charge in [-0.3, -0.25) is 20.2 Å². The molecule has 0 aliphatic rings. The van der Waals surface area contributed by atoms with Crippen LogP contribution in [-0.2, 0) is 0 Å². The molecule has 0 fully saturated rings. The minimum Gasteiger partial charge on any atom is -0.484 e. The molecule has 0 spiro atoms. The lowest BCUT2D eigenvalue weighted by Crippen LogP contribution is -2.17. The molecule has 10 heteroatoms. The Morgan fingerprint density at radius 1 is 0.723 bits per heavy atom. The largest absolute Gasteiger partial charge is 0.484 e. The number of carboxylic acid groups (broad SMARTS) is 1. The summed E-state index contributed by atoms with van der Waals surface area (Å²) in [6.45, 7) is 8.14. The van der Waals surface area contributed by atoms with Crippen LogP contribution in [0.1, 0.15) is 120 Å². The Balaban J connectivity index is 1.80. The Labute approximate surface area is 277 Å². The molecule has 3 rings (SSSR count). The Kier molecular flexibility index (Phi) is 14.7. The zero-order chi connectivity index (χ0) is 34.3. The Morgan fingerprint density at radius 2 is 1.34 bits per heavy atom. The average Bonchev–Trinajstić information content (AvgIpc) is 3.05. The molecule has 0 heterocycles. The molecule has 47 heavy (non-hydrogen) atoms. The highest BCUT2D eigenvalue weighted by molar-refractivity contribution is 5.88. The first-order valence-electron chi connectivity index (χ1n) is 16.8. The Bertz CT molecular complexity index is 1470. The number of unbranched alkanes of at least 4 members (excludes halogenated alkanes) is 5. The van der Waals surface area contributed by atoms with Gasteiger partial charge < -0.3 is 14.6 Å². The zero-order valence-electron chi connectivity index (χ0n) is 28.0. The fourth-order valence-corrected chi connectivity index (χ4v) is 5.81. The van der Waals surface area contributed by atoms with E-state index >= 15 is 0 Å². The summed E-state index contributed by atoms with van der Waals surface area (Å²) in [5.41, 5.74) is 1.97. The van der Waals surface area contributed by atoms with Crippen molar-refractivity contribution in [2.24, 2.45) is 0 Å². The second-order valence-electron chi connectivity index (χ2n) is 12.3. The molecular weight excluding hydrogens is 600 g/mol. The molecule has 1 N–H and O–H groups in total. The summed E-state index contributed by atoms with van der Waals surface area (Å²) in [6.07, 6.45) is 9.79. The topological polar surface area (TPSA) is 142 Å². The van der Waals surface area contributed by atoms with E-state index in [4.69, 9.17) is 14.6 Å². The van der Waals surface area contributed by atoms with Crippen LogP contribution in [0.5, 0.6) is 11.5 Å². The number of benzene rings is 3. The quantitative estimate of drug-likeness (QED) is 0.0683. The summed E-state index contributed by atoms with van der Waals surface area (Å²) in [4.78, 5) is 34.4. The van der Waals surface area contributed by atoms with E-state index in [1.54, 1.807) is 30.3 Å². The molecule has 3 aromatic carbocycles. The summed E-state index contributed by atoms with van der Waals surface area (Å²) < 4.78 is 12.5. The number of hydrogen-bond donors (Lipinski definition) is 1. The number of hydrogen-bond acceptors (Lipinski definition) is 7. The summed E-state index contributed by atoms with van der Waals surface area (Å²) >= 11 is 0. The molecule has 0 aliphatic heterocycles. The molecule has 0 amide bonds. The molecule has 3 aromatic rings. The molecule has 0 saturated heterocycles. The fourth-order valence-electron chi connectivity index (χ4n) is 5.81. The van der Waals surface area contributed by atoms with Crippen LogP contribution in [0.4, 0.5) is 11.4 Å². The molecule has 254 valence electrons. The van der Waals surface area contributed by atoms with Crippen LogP contribution >= 0.6 is 0 Å². The van der Waals surface area contributed by atoms with Crippen molar-refractivity contribution >= 4 is 17.3 Å². The van der Waals surface area contributed by atoms with Gasteiger partial charge in [0, 0.05) is 17.7 Å². The number of nitro benzene ring substituents is 2. The number of rotatable bonds is 21. The van der Waals surface area contributed by atoms with Gasteiger partial charge in [0.25, 0.3) is 0 Å². The number of nitrogens with zero attached hydrogens (tertiary/aromatic N) is 2. The first-order chi connectivity index (χ1) is 22.5. The van der Waals surface area contributed by atoms with Gasteiger partial charge >= 0.3 is 17.3 Å². The van der Waals surface area contributed by atoms with E-state index in [2.05, 4.69) is 13.8 Å². The van der Waals surface area contributed by atoms with Crippen LogP contribution < -0.4 is 9.47 Å². The SMILES string of the molecule is CCCCCC[C@H](C)Oc1c(C(CCCCC)CC[C@H](C)Oc2ccc(-c3ccc(C(=O)O)cc3)cc2[N+](=O)[O-])cccc1[N+](=O)[O-]. The summed E-state index contributed by atoms with van der Waals surface area (Å²) in [5, 5.41) is 33.3. The highest BCUT2D eigenvalue weighted by atomic mass is 16.6. The van der Waals surface area contributed by atoms with Gasteiger partial charge in [-0.25, -0.2) is 4.79 Å². The van der Waals surface area contributed by atoms with Gasteiger partial charge in [-0.15, -0.1) is 0 Å². The van der Waals surface area contributed by atoms with Crippen molar-refractivity contribution < 1.29 is 29.2 Å². The predicted molar refractivity (Wildman–Crippen MR) is 184 cm³/mol. The smallest absolute Gasteiger partial charge is 0.335 e. The molecule has 0 bridgehead atoms. The Hall–Kier alpha value is -4.47. The van der Waals surface area contributed by atoms with Crippen molar-refractivity contribution in [3.8, 4) is 22.6 Å². The van der Waals surface area contributed by atoms with E-state index in [1.165, 1.54) is 24.3 Å². The number of aromatic carboxylic acids is 1. The molecule has 0 radical (unpaired) electrons. The van der Waals surface area contributed by atoms with Gasteiger partial charge in [-0.1, -0.05) is 82.7 Å². The van der Waals surface area contributed by atoms with E-state index in [0.717, 1.165) is 63.4 Å². The number of carbonyl (C=O) groups is 1. The highest BCUT2D eigenvalue weighted by Crippen LogP contribution is 2.41. The predicted octanol–water partition coefficient (Wildman–Crippen LogP) is 10.5. The standard InChI is InChI=1S/C37H48N2O8/c1-5-7-9-11-13-26(3)47-36-32(15-12-16-33(36)38(42)43)29(14-10-8-6-2)18-17-27(4)46-35-24-23-31(25-34(35)39(44)45)28-19-21-30(22-20-28)37(40)41/h12,15-16,19-27,29H,5-11,13-14,17-18H2,1-4H3,(H,40,41)/t26-,27-,29?/m0/s1. The minimum atomic E-state index is -1.05. The third-order valence-corrected chi connectivity index (χ3v) is 8.47. The van der Waals surface area contributed by atoms with Gasteiger partial charge in [0.2, 0.25) is 5.75 Å². The lowest BCUT2D eigenvalue weighted by atomic mass is 9.87. The number of nitro groups is 2. The van der Waals surface area contributed by atoms with Crippen molar-refractivity contribution in [3.63, 3.8) is 0 Å². The van der Waals surface area contributed by atoms with E-state index in [1.807, 2.05) is 19.9 Å². The van der Waals surface area contributed by atoms with Gasteiger partial charge in [0.15, 0.2) is 5.75 Å². The summed E-state index contributed by atoms with van der Waals surface area (Å²) in [6, 6.07) is 16.0. The molecule has 0 aromatic heterocycles. The highest BCUT2D eigenvalue weighted by Gasteiger charge is 2.27. The fraction of sp³-hybridized carbons (Fsp3) is 0.486. The van der Waals surface area contributed by atoms with E-state index in [9.17, 15) is 25.0 Å². The average molecular weight is 649 g/mol. The molecule has 0 aliphatic carbocycles. The van der Waals surface area contributed by atoms with E-state index < -0.39 is 10.9 Å². The number of ether oxygens (including phenoxy) is 2. The van der Waals surface area contributed by atoms with Crippen LogP contribution in [0.15, 0.2) is 60.7 Å². The van der Waals surface area contributed by atoms with Crippen LogP contribution in [0.3, 0.4) is 0 Å². The van der Waals surface area contributed by atoms with Crippen molar-refractivity contribution in [2.75, 3.05) is 0 Å². The Morgan fingerprint density at radius 3 is 1.98 bits per heavy atom. The van der Waals surface area contributed by atoms with Gasteiger partial charge in [0.1, 0.15) is 0 Å². The van der Waals surface area contributed by atoms with Crippen molar-refractivity contribution in [3.05, 3.63) is 92.0 Å². The summed E-state index contributed by atoms with van der Waals surface area (Å²) in [7, 11) is 0. The molecule has 1 unspecified atom stereocenters. The first kappa shape index (κ1) is 37.0. The van der Waals surface area contributed by atoms with E-state index in [0.29, 0.717) is 29.7 Å². The zero-order valence-corrected chi connectivity index (χ0v) is 28.0. The molecular formula is C37H48N2O8. The first-order valence-corrected chi connectivity index (χ1v) is 16.8. The van der Waals surface area contributed by atoms with Crippen LogP contribution in [-0.4, -0.2) is 33.1 Å². The van der Waals surface area contributed by atoms with Crippen molar-refractivity contribution in [1.82, 2.24) is 0 Å². The monoisotopic (exact) mass is 648 g/mol. The van der Waals surface area contributed by atoms with Gasteiger partial charge in [-0.05, 0) is 81.2 Å². The second kappa shape index (κ2) is 18.6.